The molecular weight excluding hydrogens is 412 g/mol. The third-order valence-electron chi connectivity index (χ3n) is 4.07. The number of carbonyl (C=O) groups excluding carboxylic acids is 1. The van der Waals surface area contributed by atoms with E-state index in [2.05, 4.69) is 31.6 Å². The van der Waals surface area contributed by atoms with Crippen LogP contribution in [0, 0.1) is 0 Å². The molecule has 0 bridgehead atoms. The van der Waals surface area contributed by atoms with E-state index in [1.165, 1.54) is 0 Å². The van der Waals surface area contributed by atoms with Crippen LogP contribution >= 0.6 is 27.3 Å². The molecule has 0 unspecified atom stereocenters. The van der Waals surface area contributed by atoms with E-state index in [0.717, 1.165) is 26.8 Å². The van der Waals surface area contributed by atoms with Crippen molar-refractivity contribution >= 4 is 49.9 Å². The molecule has 0 aliphatic heterocycles. The topological polar surface area (TPSA) is 51.0 Å². The summed E-state index contributed by atoms with van der Waals surface area (Å²) in [5, 5.41) is 12.3. The molecule has 4 rings (SSSR count). The fourth-order valence-electron chi connectivity index (χ4n) is 2.76. The molecule has 1 amide bonds. The molecule has 0 N–H and O–H groups in total. The number of anilines is 1. The van der Waals surface area contributed by atoms with Crippen LogP contribution in [0.1, 0.15) is 5.56 Å². The van der Waals surface area contributed by atoms with Gasteiger partial charge in [0, 0.05) is 10.2 Å². The number of thiophene rings is 1. The van der Waals surface area contributed by atoms with Gasteiger partial charge in [-0.05, 0) is 58.8 Å². The van der Waals surface area contributed by atoms with Crippen LogP contribution in [0.4, 0.5) is 5.69 Å². The molecular formula is C19H15BrN4OS. The van der Waals surface area contributed by atoms with Crippen molar-refractivity contribution < 1.29 is 4.79 Å². The van der Waals surface area contributed by atoms with Crippen LogP contribution in [0.15, 0.2) is 69.8 Å². The number of carbonyl (C=O) groups is 1. The van der Waals surface area contributed by atoms with Gasteiger partial charge < -0.3 is 4.90 Å². The highest BCUT2D eigenvalue weighted by atomic mass is 79.9. The number of rotatable bonds is 5. The molecule has 0 saturated heterocycles. The van der Waals surface area contributed by atoms with Gasteiger partial charge in [-0.2, -0.15) is 11.3 Å². The van der Waals surface area contributed by atoms with Crippen molar-refractivity contribution in [1.29, 1.82) is 0 Å². The highest BCUT2D eigenvalue weighted by molar-refractivity contribution is 9.10. The minimum Gasteiger partial charge on any atom is -0.306 e. The number of halogens is 1. The van der Waals surface area contributed by atoms with Gasteiger partial charge in [0.05, 0.1) is 12.1 Å². The van der Waals surface area contributed by atoms with Crippen molar-refractivity contribution in [3.8, 4) is 0 Å². The minimum atomic E-state index is -0.0332. The standard InChI is InChI=1S/C19H15BrN4OS/c20-15-5-7-16(8-6-15)23(11-14-9-10-26-13-14)19(25)12-24-18-4-2-1-3-17(18)21-22-24/h1-10,13H,11-12H2. The lowest BCUT2D eigenvalue weighted by Crippen LogP contribution is -2.33. The Balaban J connectivity index is 1.64. The SMILES string of the molecule is O=C(Cn1nnc2ccccc21)N(Cc1ccsc1)c1ccc(Br)cc1. The van der Waals surface area contributed by atoms with Crippen molar-refractivity contribution in [2.24, 2.45) is 0 Å². The van der Waals surface area contributed by atoms with Gasteiger partial charge in [-0.3, -0.25) is 4.79 Å². The molecule has 26 heavy (non-hydrogen) atoms. The Kier molecular flexibility index (Phi) is 4.81. The maximum Gasteiger partial charge on any atom is 0.249 e. The van der Waals surface area contributed by atoms with E-state index < -0.39 is 0 Å². The van der Waals surface area contributed by atoms with Crippen LogP contribution in [-0.2, 0) is 17.9 Å². The molecule has 0 radical (unpaired) electrons. The van der Waals surface area contributed by atoms with Gasteiger partial charge in [0.2, 0.25) is 5.91 Å². The fourth-order valence-corrected chi connectivity index (χ4v) is 3.68. The van der Waals surface area contributed by atoms with E-state index in [1.807, 2.05) is 60.0 Å². The summed E-state index contributed by atoms with van der Waals surface area (Å²) >= 11 is 5.07. The second-order valence-electron chi connectivity index (χ2n) is 5.82. The summed E-state index contributed by atoms with van der Waals surface area (Å²) in [4.78, 5) is 14.9. The first-order valence-corrected chi connectivity index (χ1v) is 9.79. The molecule has 0 fully saturated rings. The van der Waals surface area contributed by atoms with Crippen molar-refractivity contribution in [2.75, 3.05) is 4.90 Å². The van der Waals surface area contributed by atoms with E-state index in [9.17, 15) is 4.79 Å². The Hall–Kier alpha value is -2.51. The molecule has 2 aromatic heterocycles. The van der Waals surface area contributed by atoms with E-state index in [4.69, 9.17) is 0 Å². The number of hydrogen-bond acceptors (Lipinski definition) is 4. The lowest BCUT2D eigenvalue weighted by atomic mass is 10.2. The van der Waals surface area contributed by atoms with Crippen molar-refractivity contribution in [3.63, 3.8) is 0 Å². The normalized spacial score (nSPS) is 11.0. The summed E-state index contributed by atoms with van der Waals surface area (Å²) in [5.74, 6) is -0.0332. The molecule has 0 aliphatic rings. The number of para-hydroxylation sites is 1. The molecule has 2 aromatic carbocycles. The Morgan fingerprint density at radius 3 is 2.69 bits per heavy atom. The lowest BCUT2D eigenvalue weighted by molar-refractivity contribution is -0.119. The molecule has 5 nitrogen and oxygen atoms in total. The summed E-state index contributed by atoms with van der Waals surface area (Å²) in [6.45, 7) is 0.664. The Bertz CT molecular complexity index is 1030. The van der Waals surface area contributed by atoms with Crippen molar-refractivity contribution in [1.82, 2.24) is 15.0 Å². The summed E-state index contributed by atoms with van der Waals surface area (Å²) in [6.07, 6.45) is 0. The predicted octanol–water partition coefficient (Wildman–Crippen LogP) is 4.49. The number of amides is 1. The summed E-state index contributed by atoms with van der Waals surface area (Å²) in [5.41, 5.74) is 3.60. The number of benzene rings is 2. The van der Waals surface area contributed by atoms with Crippen LogP contribution in [0.3, 0.4) is 0 Å². The molecule has 4 aromatic rings. The van der Waals surface area contributed by atoms with E-state index in [1.54, 1.807) is 20.9 Å². The number of hydrogen-bond donors (Lipinski definition) is 0. The van der Waals surface area contributed by atoms with Crippen LogP contribution < -0.4 is 4.90 Å². The third kappa shape index (κ3) is 3.54. The summed E-state index contributed by atoms with van der Waals surface area (Å²) in [7, 11) is 0. The maximum absolute atomic E-state index is 13.1. The summed E-state index contributed by atoms with van der Waals surface area (Å²) in [6, 6.07) is 17.4. The lowest BCUT2D eigenvalue weighted by Gasteiger charge is -2.22. The van der Waals surface area contributed by atoms with Crippen LogP contribution in [-0.4, -0.2) is 20.9 Å². The second kappa shape index (κ2) is 7.39. The van der Waals surface area contributed by atoms with Gasteiger partial charge in [-0.15, -0.1) is 5.10 Å². The molecule has 0 saturated carbocycles. The van der Waals surface area contributed by atoms with Crippen molar-refractivity contribution in [2.45, 2.75) is 13.1 Å². The first-order valence-electron chi connectivity index (χ1n) is 8.06. The van der Waals surface area contributed by atoms with Gasteiger partial charge in [-0.25, -0.2) is 4.68 Å². The van der Waals surface area contributed by atoms with Gasteiger partial charge in [-0.1, -0.05) is 33.3 Å². The smallest absolute Gasteiger partial charge is 0.249 e. The van der Waals surface area contributed by atoms with E-state index >= 15 is 0 Å². The first kappa shape index (κ1) is 16.9. The monoisotopic (exact) mass is 426 g/mol. The maximum atomic E-state index is 13.1. The Morgan fingerprint density at radius 2 is 1.92 bits per heavy atom. The average molecular weight is 427 g/mol. The third-order valence-corrected chi connectivity index (χ3v) is 5.33. The van der Waals surface area contributed by atoms with Gasteiger partial charge in [0.1, 0.15) is 12.1 Å². The largest absolute Gasteiger partial charge is 0.306 e. The molecule has 0 aliphatic carbocycles. The zero-order chi connectivity index (χ0) is 17.9. The van der Waals surface area contributed by atoms with E-state index in [0.29, 0.717) is 6.54 Å². The van der Waals surface area contributed by atoms with Crippen LogP contribution in [0.2, 0.25) is 0 Å². The van der Waals surface area contributed by atoms with E-state index in [-0.39, 0.29) is 12.5 Å². The fraction of sp³-hybridized carbons (Fsp3) is 0.105. The van der Waals surface area contributed by atoms with Crippen LogP contribution in [0.25, 0.3) is 11.0 Å². The predicted molar refractivity (Wildman–Crippen MR) is 107 cm³/mol. The molecule has 7 heteroatoms. The molecule has 0 spiro atoms. The minimum absolute atomic E-state index is 0.0332. The molecule has 0 atom stereocenters. The van der Waals surface area contributed by atoms with Crippen molar-refractivity contribution in [3.05, 3.63) is 75.4 Å². The highest BCUT2D eigenvalue weighted by Gasteiger charge is 2.18. The Morgan fingerprint density at radius 1 is 1.12 bits per heavy atom. The van der Waals surface area contributed by atoms with Crippen LogP contribution in [0.5, 0.6) is 0 Å². The van der Waals surface area contributed by atoms with Gasteiger partial charge in [0.15, 0.2) is 0 Å². The second-order valence-corrected chi connectivity index (χ2v) is 7.52. The molecule has 130 valence electrons. The highest BCUT2D eigenvalue weighted by Crippen LogP contribution is 2.22. The van der Waals surface area contributed by atoms with Gasteiger partial charge in [0.25, 0.3) is 0 Å². The summed E-state index contributed by atoms with van der Waals surface area (Å²) < 4.78 is 2.63. The van der Waals surface area contributed by atoms with Gasteiger partial charge >= 0.3 is 0 Å². The Labute approximate surface area is 163 Å². The zero-order valence-electron chi connectivity index (χ0n) is 13.7. The number of fused-ring (bicyclic) bond motifs is 1. The average Bonchev–Trinajstić information content (AvgIpc) is 3.31. The number of aromatic nitrogens is 3. The quantitative estimate of drug-likeness (QED) is 0.472. The first-order chi connectivity index (χ1) is 12.7. The molecule has 2 heterocycles. The number of nitrogens with zero attached hydrogens (tertiary/aromatic N) is 4. The zero-order valence-corrected chi connectivity index (χ0v) is 16.2.